The number of benzene rings is 2. The quantitative estimate of drug-likeness (QED) is 0.445. The van der Waals surface area contributed by atoms with Crippen molar-refractivity contribution in [1.29, 1.82) is 0 Å². The van der Waals surface area contributed by atoms with Crippen molar-refractivity contribution in [2.45, 2.75) is 18.2 Å². The highest BCUT2D eigenvalue weighted by molar-refractivity contribution is 7.92. The lowest BCUT2D eigenvalue weighted by Crippen LogP contribution is -2.13. The van der Waals surface area contributed by atoms with Crippen LogP contribution in [-0.4, -0.2) is 41.4 Å². The van der Waals surface area contributed by atoms with E-state index in [-0.39, 0.29) is 4.90 Å². The molecule has 10 nitrogen and oxygen atoms in total. The molecule has 34 heavy (non-hydrogen) atoms. The number of fused-ring (bicyclic) bond motifs is 1. The Morgan fingerprint density at radius 2 is 1.79 bits per heavy atom. The first-order valence-corrected chi connectivity index (χ1v) is 12.0. The standard InChI is InChI=1S/C23H21N5O5S/c1-16-25-22(28-11-2-10-24-28)15-23(26-16)33-18-6-4-17(5-7-18)27-34(29,30)19-8-9-20-21(14-19)32-13-3-12-31-20/h2,4-11,14-15,27H,3,12-13H2,1H3. The first-order valence-electron chi connectivity index (χ1n) is 10.5. The number of aromatic nitrogens is 4. The Morgan fingerprint density at radius 3 is 2.56 bits per heavy atom. The predicted molar refractivity (Wildman–Crippen MR) is 123 cm³/mol. The second-order valence-electron chi connectivity index (χ2n) is 7.45. The monoisotopic (exact) mass is 479 g/mol. The van der Waals surface area contributed by atoms with Crippen LogP contribution < -0.4 is 18.9 Å². The molecule has 1 aliphatic heterocycles. The molecular weight excluding hydrogens is 458 g/mol. The molecular formula is C23H21N5O5S. The highest BCUT2D eigenvalue weighted by atomic mass is 32.2. The van der Waals surface area contributed by atoms with Gasteiger partial charge in [0.25, 0.3) is 10.0 Å². The summed E-state index contributed by atoms with van der Waals surface area (Å²) in [6.07, 6.45) is 4.17. The molecule has 0 unspecified atom stereocenters. The average molecular weight is 480 g/mol. The van der Waals surface area contributed by atoms with Crippen LogP contribution in [0.4, 0.5) is 5.69 Å². The number of nitrogens with zero attached hydrogens (tertiary/aromatic N) is 4. The number of anilines is 1. The Morgan fingerprint density at radius 1 is 1.00 bits per heavy atom. The van der Waals surface area contributed by atoms with E-state index in [9.17, 15) is 8.42 Å². The number of aryl methyl sites for hydroxylation is 1. The van der Waals surface area contributed by atoms with Gasteiger partial charge in [-0.25, -0.2) is 18.1 Å². The highest BCUT2D eigenvalue weighted by Crippen LogP contribution is 2.32. The maximum absolute atomic E-state index is 12.9. The van der Waals surface area contributed by atoms with Crippen LogP contribution in [0.15, 0.2) is 71.9 Å². The normalized spacial score (nSPS) is 13.2. The predicted octanol–water partition coefficient (Wildman–Crippen LogP) is 3.73. The van der Waals surface area contributed by atoms with Crippen LogP contribution in [0.2, 0.25) is 0 Å². The summed E-state index contributed by atoms with van der Waals surface area (Å²) in [6, 6.07) is 14.5. The van der Waals surface area contributed by atoms with Gasteiger partial charge in [0, 0.05) is 36.6 Å². The summed E-state index contributed by atoms with van der Waals surface area (Å²) >= 11 is 0. The zero-order valence-corrected chi connectivity index (χ0v) is 19.0. The van der Waals surface area contributed by atoms with E-state index >= 15 is 0 Å². The van der Waals surface area contributed by atoms with Gasteiger partial charge in [-0.05, 0) is 49.4 Å². The second-order valence-corrected chi connectivity index (χ2v) is 9.14. The zero-order valence-electron chi connectivity index (χ0n) is 18.2. The molecule has 1 N–H and O–H groups in total. The Balaban J connectivity index is 1.31. The number of ether oxygens (including phenoxy) is 3. The minimum Gasteiger partial charge on any atom is -0.490 e. The van der Waals surface area contributed by atoms with Crippen molar-refractivity contribution in [2.75, 3.05) is 17.9 Å². The van der Waals surface area contributed by atoms with Gasteiger partial charge in [-0.1, -0.05) is 0 Å². The third kappa shape index (κ3) is 4.79. The summed E-state index contributed by atoms with van der Waals surface area (Å²) in [5.74, 6) is 2.89. The molecule has 0 radical (unpaired) electrons. The minimum atomic E-state index is -3.82. The first-order chi connectivity index (χ1) is 16.5. The fourth-order valence-electron chi connectivity index (χ4n) is 3.34. The maximum atomic E-state index is 12.9. The van der Waals surface area contributed by atoms with Gasteiger partial charge in [0.2, 0.25) is 5.88 Å². The topological polar surface area (TPSA) is 117 Å². The summed E-state index contributed by atoms with van der Waals surface area (Å²) in [5.41, 5.74) is 0.385. The van der Waals surface area contributed by atoms with Crippen molar-refractivity contribution in [3.05, 3.63) is 72.8 Å². The van der Waals surface area contributed by atoms with Crippen LogP contribution in [0.1, 0.15) is 12.2 Å². The molecule has 3 heterocycles. The molecule has 11 heteroatoms. The third-order valence-corrected chi connectivity index (χ3v) is 6.28. The van der Waals surface area contributed by atoms with Gasteiger partial charge in [0.1, 0.15) is 11.6 Å². The lowest BCUT2D eigenvalue weighted by Gasteiger charge is -2.12. The molecule has 1 aliphatic rings. The zero-order chi connectivity index (χ0) is 23.5. The maximum Gasteiger partial charge on any atom is 0.262 e. The molecule has 0 saturated carbocycles. The number of nitrogens with one attached hydrogen (secondary N) is 1. The van der Waals surface area contributed by atoms with E-state index in [0.717, 1.165) is 6.42 Å². The second kappa shape index (κ2) is 9.02. The van der Waals surface area contributed by atoms with Crippen molar-refractivity contribution < 1.29 is 22.6 Å². The molecule has 4 aromatic rings. The van der Waals surface area contributed by atoms with Crippen molar-refractivity contribution in [1.82, 2.24) is 19.7 Å². The van der Waals surface area contributed by atoms with Gasteiger partial charge >= 0.3 is 0 Å². The third-order valence-electron chi connectivity index (χ3n) is 4.90. The number of hydrogen-bond donors (Lipinski definition) is 1. The van der Waals surface area contributed by atoms with E-state index in [1.807, 2.05) is 0 Å². The summed E-state index contributed by atoms with van der Waals surface area (Å²) in [6.45, 7) is 2.77. The van der Waals surface area contributed by atoms with E-state index in [2.05, 4.69) is 19.8 Å². The minimum absolute atomic E-state index is 0.0830. The van der Waals surface area contributed by atoms with Crippen LogP contribution in [-0.2, 0) is 10.0 Å². The number of sulfonamides is 1. The Labute approximate surface area is 196 Å². The van der Waals surface area contributed by atoms with Crippen molar-refractivity contribution in [3.8, 4) is 28.9 Å². The van der Waals surface area contributed by atoms with E-state index in [1.165, 1.54) is 12.1 Å². The van der Waals surface area contributed by atoms with E-state index in [1.54, 1.807) is 66.5 Å². The average Bonchev–Trinajstić information content (AvgIpc) is 3.25. The van der Waals surface area contributed by atoms with Crippen LogP contribution >= 0.6 is 0 Å². The molecule has 0 spiro atoms. The fraction of sp³-hybridized carbons (Fsp3) is 0.174. The Bertz CT molecular complexity index is 1410. The smallest absolute Gasteiger partial charge is 0.262 e. The summed E-state index contributed by atoms with van der Waals surface area (Å²) in [5, 5.41) is 4.17. The van der Waals surface area contributed by atoms with Crippen molar-refractivity contribution in [3.63, 3.8) is 0 Å². The van der Waals surface area contributed by atoms with Gasteiger partial charge in [-0.15, -0.1) is 0 Å². The molecule has 0 fully saturated rings. The molecule has 0 bridgehead atoms. The van der Waals surface area contributed by atoms with E-state index in [0.29, 0.717) is 53.7 Å². The largest absolute Gasteiger partial charge is 0.490 e. The number of hydrogen-bond acceptors (Lipinski definition) is 8. The van der Waals surface area contributed by atoms with E-state index in [4.69, 9.17) is 14.2 Å². The van der Waals surface area contributed by atoms with Crippen LogP contribution in [0, 0.1) is 6.92 Å². The first kappa shape index (κ1) is 21.7. The molecule has 0 atom stereocenters. The SMILES string of the molecule is Cc1nc(Oc2ccc(NS(=O)(=O)c3ccc4c(c3)OCCCO4)cc2)cc(-n2cccn2)n1. The van der Waals surface area contributed by atoms with Crippen LogP contribution in [0.25, 0.3) is 5.82 Å². The Kier molecular flexibility index (Phi) is 5.76. The van der Waals surface area contributed by atoms with Crippen LogP contribution in [0.5, 0.6) is 23.1 Å². The lowest BCUT2D eigenvalue weighted by atomic mass is 10.3. The molecule has 0 aliphatic carbocycles. The summed E-state index contributed by atoms with van der Waals surface area (Å²) in [4.78, 5) is 8.73. The highest BCUT2D eigenvalue weighted by Gasteiger charge is 2.19. The van der Waals surface area contributed by atoms with Gasteiger partial charge in [-0.2, -0.15) is 10.1 Å². The molecule has 2 aromatic heterocycles. The fourth-order valence-corrected chi connectivity index (χ4v) is 4.41. The lowest BCUT2D eigenvalue weighted by molar-refractivity contribution is 0.297. The van der Waals surface area contributed by atoms with E-state index < -0.39 is 10.0 Å². The van der Waals surface area contributed by atoms with Crippen LogP contribution in [0.3, 0.4) is 0 Å². The van der Waals surface area contributed by atoms with Gasteiger partial charge < -0.3 is 14.2 Å². The summed E-state index contributed by atoms with van der Waals surface area (Å²) in [7, 11) is -3.82. The van der Waals surface area contributed by atoms with Gasteiger partial charge in [-0.3, -0.25) is 4.72 Å². The summed E-state index contributed by atoms with van der Waals surface area (Å²) < 4.78 is 46.9. The van der Waals surface area contributed by atoms with Crippen molar-refractivity contribution in [2.24, 2.45) is 0 Å². The molecule has 0 saturated heterocycles. The Hall–Kier alpha value is -4.12. The molecule has 2 aromatic carbocycles. The molecule has 5 rings (SSSR count). The van der Waals surface area contributed by atoms with Crippen molar-refractivity contribution >= 4 is 15.7 Å². The number of rotatable bonds is 6. The molecule has 174 valence electrons. The van der Waals surface area contributed by atoms with Gasteiger partial charge in [0.05, 0.1) is 18.1 Å². The van der Waals surface area contributed by atoms with Gasteiger partial charge in [0.15, 0.2) is 17.3 Å². The molecule has 0 amide bonds.